The molecular weight excluding hydrogens is 268 g/mol. The normalized spacial score (nSPS) is 12.1. The molecule has 108 valence electrons. The van der Waals surface area contributed by atoms with Gasteiger partial charge in [-0.2, -0.15) is 8.78 Å². The number of imidazole rings is 1. The largest absolute Gasteiger partial charge is 0.367 e. The van der Waals surface area contributed by atoms with E-state index in [0.29, 0.717) is 12.2 Å². The second-order valence-corrected chi connectivity index (χ2v) is 4.05. The average molecular weight is 282 g/mol. The van der Waals surface area contributed by atoms with Crippen LogP contribution in [-0.4, -0.2) is 40.9 Å². The molecule has 0 fully saturated rings. The number of carbonyl (C=O) groups excluding carboxylic acids is 1. The average Bonchev–Trinajstić information content (AvgIpc) is 2.72. The highest BCUT2D eigenvalue weighted by Crippen LogP contribution is 2.22. The van der Waals surface area contributed by atoms with Gasteiger partial charge in [0.1, 0.15) is 19.0 Å². The van der Waals surface area contributed by atoms with E-state index in [-0.39, 0.29) is 6.42 Å². The Morgan fingerprint density at radius 2 is 2.21 bits per heavy atom. The van der Waals surface area contributed by atoms with Gasteiger partial charge >= 0.3 is 12.3 Å². The zero-order chi connectivity index (χ0) is 14.5. The Labute approximate surface area is 107 Å². The van der Waals surface area contributed by atoms with Crippen LogP contribution < -0.4 is 0 Å². The smallest absolute Gasteiger partial charge is 0.330 e. The lowest BCUT2D eigenvalue weighted by Gasteiger charge is -2.14. The molecule has 4 nitrogen and oxygen atoms in total. The highest BCUT2D eigenvalue weighted by Gasteiger charge is 2.41. The number of Topliss-reactive ketones (excluding diaryl/α,β-unsaturated/α-hetero) is 1. The van der Waals surface area contributed by atoms with E-state index in [1.54, 1.807) is 24.0 Å². The third kappa shape index (κ3) is 4.98. The molecule has 1 heterocycles. The lowest BCUT2D eigenvalue weighted by Crippen LogP contribution is -2.33. The maximum Gasteiger partial charge on any atom is 0.330 e. The Bertz CT molecular complexity index is 421. The van der Waals surface area contributed by atoms with Crippen molar-refractivity contribution >= 4 is 5.78 Å². The molecule has 0 saturated heterocycles. The van der Waals surface area contributed by atoms with Crippen molar-refractivity contribution in [2.24, 2.45) is 7.05 Å². The van der Waals surface area contributed by atoms with Crippen LogP contribution in [0.4, 0.5) is 17.6 Å². The molecule has 0 radical (unpaired) electrons. The van der Waals surface area contributed by atoms with Crippen LogP contribution in [0.1, 0.15) is 12.2 Å². The highest BCUT2D eigenvalue weighted by molar-refractivity contribution is 5.79. The van der Waals surface area contributed by atoms with Gasteiger partial charge in [0.25, 0.3) is 0 Å². The number of alkyl halides is 4. The number of aryl methyl sites for hydroxylation is 2. The Balaban J connectivity index is 2.24. The molecule has 1 rings (SSSR count). The van der Waals surface area contributed by atoms with Crippen LogP contribution in [0, 0.1) is 0 Å². The molecular formula is C11H14F4N2O2. The predicted octanol–water partition coefficient (Wildman–Crippen LogP) is 1.84. The van der Waals surface area contributed by atoms with Crippen LogP contribution >= 0.6 is 0 Å². The summed E-state index contributed by atoms with van der Waals surface area (Å²) in [5.41, 5.74) is 0. The van der Waals surface area contributed by atoms with E-state index < -0.39 is 31.3 Å². The first-order valence-electron chi connectivity index (χ1n) is 5.54. The fourth-order valence-electron chi connectivity index (χ4n) is 1.32. The van der Waals surface area contributed by atoms with Gasteiger partial charge in [-0.05, 0) is 0 Å². The number of rotatable bonds is 8. The molecule has 0 spiro atoms. The van der Waals surface area contributed by atoms with Crippen molar-refractivity contribution in [3.63, 3.8) is 0 Å². The molecule has 0 amide bonds. The van der Waals surface area contributed by atoms with Gasteiger partial charge in [0.15, 0.2) is 5.78 Å². The summed E-state index contributed by atoms with van der Waals surface area (Å²) in [7, 11) is 1.76. The summed E-state index contributed by atoms with van der Waals surface area (Å²) in [4.78, 5) is 15.3. The molecule has 0 aliphatic heterocycles. The van der Waals surface area contributed by atoms with Crippen LogP contribution in [-0.2, 0) is 23.0 Å². The molecule has 0 bridgehead atoms. The van der Waals surface area contributed by atoms with Crippen LogP contribution in [0.5, 0.6) is 0 Å². The molecule has 0 aliphatic rings. The van der Waals surface area contributed by atoms with Gasteiger partial charge in [0.05, 0.1) is 0 Å². The first kappa shape index (κ1) is 15.6. The molecule has 8 heteroatoms. The molecule has 0 aliphatic carbocycles. The fourth-order valence-corrected chi connectivity index (χ4v) is 1.32. The maximum absolute atomic E-state index is 12.5. The van der Waals surface area contributed by atoms with E-state index in [9.17, 15) is 22.4 Å². The van der Waals surface area contributed by atoms with E-state index in [4.69, 9.17) is 0 Å². The number of nitrogens with zero attached hydrogens (tertiary/aromatic N) is 2. The number of hydrogen-bond acceptors (Lipinski definition) is 3. The molecule has 0 N–H and O–H groups in total. The van der Waals surface area contributed by atoms with Gasteiger partial charge in [-0.15, -0.1) is 0 Å². The summed E-state index contributed by atoms with van der Waals surface area (Å²) in [6, 6.07) is 0. The van der Waals surface area contributed by atoms with Gasteiger partial charge in [-0.1, -0.05) is 0 Å². The van der Waals surface area contributed by atoms with Crippen LogP contribution in [0.15, 0.2) is 12.4 Å². The standard InChI is InChI=1S/C11H14F4N2O2/c1-17-5-4-16-9(17)3-2-8(18)6-19-7-11(14,15)10(12)13/h4-5,10H,2-3,6-7H2,1H3. The van der Waals surface area contributed by atoms with Gasteiger partial charge in [0, 0.05) is 32.3 Å². The minimum Gasteiger partial charge on any atom is -0.367 e. The Hall–Kier alpha value is -1.44. The second kappa shape index (κ2) is 6.65. The van der Waals surface area contributed by atoms with Crippen molar-refractivity contribution in [1.29, 1.82) is 0 Å². The first-order chi connectivity index (χ1) is 8.83. The number of ketones is 1. The fraction of sp³-hybridized carbons (Fsp3) is 0.636. The topological polar surface area (TPSA) is 44.1 Å². The number of halogens is 4. The predicted molar refractivity (Wildman–Crippen MR) is 58.3 cm³/mol. The van der Waals surface area contributed by atoms with Crippen LogP contribution in [0.2, 0.25) is 0 Å². The number of aromatic nitrogens is 2. The number of carbonyl (C=O) groups is 1. The zero-order valence-electron chi connectivity index (χ0n) is 10.3. The molecule has 19 heavy (non-hydrogen) atoms. The van der Waals surface area contributed by atoms with E-state index in [1.165, 1.54) is 0 Å². The lowest BCUT2D eigenvalue weighted by atomic mass is 10.2. The summed E-state index contributed by atoms with van der Waals surface area (Å²) in [5, 5.41) is 0. The summed E-state index contributed by atoms with van der Waals surface area (Å²) in [6.45, 7) is -2.06. The van der Waals surface area contributed by atoms with Crippen molar-refractivity contribution in [1.82, 2.24) is 9.55 Å². The van der Waals surface area contributed by atoms with Crippen molar-refractivity contribution in [2.75, 3.05) is 13.2 Å². The number of ether oxygens (including phenoxy) is 1. The summed E-state index contributed by atoms with van der Waals surface area (Å²) < 4.78 is 54.5. The minimum absolute atomic E-state index is 0.0606. The Kier molecular flexibility index (Phi) is 5.46. The van der Waals surface area contributed by atoms with Gasteiger partial charge in [-0.3, -0.25) is 4.79 Å². The monoisotopic (exact) mass is 282 g/mol. The molecule has 1 aromatic rings. The summed E-state index contributed by atoms with van der Waals surface area (Å²) >= 11 is 0. The molecule has 0 aromatic carbocycles. The van der Waals surface area contributed by atoms with Crippen molar-refractivity contribution in [2.45, 2.75) is 25.2 Å². The molecule has 0 saturated carbocycles. The number of hydrogen-bond donors (Lipinski definition) is 0. The molecule has 1 aromatic heterocycles. The Morgan fingerprint density at radius 3 is 2.74 bits per heavy atom. The SMILES string of the molecule is Cn1ccnc1CCC(=O)COCC(F)(F)C(F)F. The third-order valence-corrected chi connectivity index (χ3v) is 2.43. The quantitative estimate of drug-likeness (QED) is 0.683. The van der Waals surface area contributed by atoms with Gasteiger partial charge in [-0.25, -0.2) is 13.8 Å². The summed E-state index contributed by atoms with van der Waals surface area (Å²) in [6.07, 6.45) is -0.115. The van der Waals surface area contributed by atoms with Gasteiger partial charge in [0.2, 0.25) is 0 Å². The lowest BCUT2D eigenvalue weighted by molar-refractivity contribution is -0.168. The van der Waals surface area contributed by atoms with Crippen molar-refractivity contribution in [3.05, 3.63) is 18.2 Å². The van der Waals surface area contributed by atoms with Crippen LogP contribution in [0.25, 0.3) is 0 Å². The maximum atomic E-state index is 12.5. The van der Waals surface area contributed by atoms with E-state index >= 15 is 0 Å². The van der Waals surface area contributed by atoms with E-state index in [2.05, 4.69) is 9.72 Å². The zero-order valence-corrected chi connectivity index (χ0v) is 10.3. The van der Waals surface area contributed by atoms with Crippen LogP contribution in [0.3, 0.4) is 0 Å². The Morgan fingerprint density at radius 1 is 1.53 bits per heavy atom. The summed E-state index contributed by atoms with van der Waals surface area (Å²) in [5.74, 6) is -3.99. The van der Waals surface area contributed by atoms with E-state index in [1.807, 2.05) is 0 Å². The van der Waals surface area contributed by atoms with Crippen molar-refractivity contribution < 1.29 is 27.1 Å². The van der Waals surface area contributed by atoms with E-state index in [0.717, 1.165) is 0 Å². The van der Waals surface area contributed by atoms with Gasteiger partial charge < -0.3 is 9.30 Å². The van der Waals surface area contributed by atoms with Crippen molar-refractivity contribution in [3.8, 4) is 0 Å². The molecule has 0 unspecified atom stereocenters. The molecule has 0 atom stereocenters. The third-order valence-electron chi connectivity index (χ3n) is 2.43. The first-order valence-corrected chi connectivity index (χ1v) is 5.54. The second-order valence-electron chi connectivity index (χ2n) is 4.05. The highest BCUT2D eigenvalue weighted by atomic mass is 19.3. The minimum atomic E-state index is -4.22.